The molecule has 0 aromatic heterocycles. The molecule has 2 rings (SSSR count). The molecule has 7 nitrogen and oxygen atoms in total. The second kappa shape index (κ2) is 13.1. The van der Waals surface area contributed by atoms with Crippen LogP contribution in [0.1, 0.15) is 59.3 Å². The Labute approximate surface area is 206 Å². The van der Waals surface area contributed by atoms with Gasteiger partial charge in [-0.2, -0.15) is 0 Å². The molecule has 0 fully saturated rings. The maximum atomic E-state index is 12.4. The third-order valence-corrected chi connectivity index (χ3v) is 6.43. The van der Waals surface area contributed by atoms with E-state index in [1.54, 1.807) is 0 Å². The summed E-state index contributed by atoms with van der Waals surface area (Å²) in [5.74, 6) is -1.60. The number of fused-ring (bicyclic) bond motifs is 1. The van der Waals surface area contributed by atoms with Crippen LogP contribution in [0.3, 0.4) is 0 Å². The maximum absolute atomic E-state index is 12.4. The molecule has 3 N–H and O–H groups in total. The van der Waals surface area contributed by atoms with Gasteiger partial charge in [0, 0.05) is 24.7 Å². The van der Waals surface area contributed by atoms with E-state index in [1.165, 1.54) is 0 Å². The number of esters is 1. The fourth-order valence-corrected chi connectivity index (χ4v) is 4.51. The molecule has 4 unspecified atom stereocenters. The van der Waals surface area contributed by atoms with Gasteiger partial charge in [-0.1, -0.05) is 39.0 Å². The fourth-order valence-electron chi connectivity index (χ4n) is 4.51. The second-order valence-corrected chi connectivity index (χ2v) is 8.86. The van der Waals surface area contributed by atoms with Gasteiger partial charge in [0.15, 0.2) is 0 Å². The number of carbonyl (C=O) groups is 2. The zero-order valence-corrected chi connectivity index (χ0v) is 21.1. The molecule has 0 aliphatic heterocycles. The molecule has 170 valence electrons. The van der Waals surface area contributed by atoms with Gasteiger partial charge in [0.1, 0.15) is 6.10 Å². The molecule has 0 radical (unpaired) electrons. The van der Waals surface area contributed by atoms with E-state index in [1.807, 2.05) is 26.0 Å². The molecule has 2 aliphatic carbocycles. The fraction of sp³-hybridized carbons (Fsp3) is 0.739. The summed E-state index contributed by atoms with van der Waals surface area (Å²) >= 11 is 0. The monoisotopic (exact) mass is 446 g/mol. The summed E-state index contributed by atoms with van der Waals surface area (Å²) < 4.78 is 5.83. The Kier molecular flexibility index (Phi) is 12.0. The number of aliphatic hydroxyl groups is 3. The number of aliphatic carboxylic acids is 1. The van der Waals surface area contributed by atoms with E-state index in [2.05, 4.69) is 13.0 Å². The first kappa shape index (κ1) is 28.3. The zero-order valence-electron chi connectivity index (χ0n) is 19.1. The Morgan fingerprint density at radius 3 is 2.58 bits per heavy atom. The summed E-state index contributed by atoms with van der Waals surface area (Å²) in [7, 11) is 0. The van der Waals surface area contributed by atoms with E-state index in [-0.39, 0.29) is 65.6 Å². The van der Waals surface area contributed by atoms with Gasteiger partial charge in [0.2, 0.25) is 0 Å². The number of allylic oxidation sites excluding steroid dienone is 2. The van der Waals surface area contributed by atoms with Crippen molar-refractivity contribution in [2.45, 2.75) is 83.7 Å². The first-order valence-corrected chi connectivity index (χ1v) is 11.0. The van der Waals surface area contributed by atoms with Gasteiger partial charge < -0.3 is 30.0 Å². The topological polar surface area (TPSA) is 127 Å². The minimum atomic E-state index is -1.35. The van der Waals surface area contributed by atoms with E-state index in [0.717, 1.165) is 5.57 Å². The minimum absolute atomic E-state index is 0. The van der Waals surface area contributed by atoms with Gasteiger partial charge in [-0.15, -0.1) is 0 Å². The van der Waals surface area contributed by atoms with E-state index < -0.39 is 36.8 Å². The smallest absolute Gasteiger partial charge is 0.550 e. The van der Waals surface area contributed by atoms with Gasteiger partial charge in [0.05, 0.1) is 24.2 Å². The summed E-state index contributed by atoms with van der Waals surface area (Å²) in [6.45, 7) is 5.83. The van der Waals surface area contributed by atoms with Crippen molar-refractivity contribution in [3.63, 3.8) is 0 Å². The van der Waals surface area contributed by atoms with Gasteiger partial charge in [-0.25, -0.2) is 0 Å². The van der Waals surface area contributed by atoms with Gasteiger partial charge in [-0.3, -0.25) is 4.79 Å². The molecule has 0 bridgehead atoms. The van der Waals surface area contributed by atoms with Crippen molar-refractivity contribution in [3.8, 4) is 0 Å². The molecule has 0 aromatic rings. The van der Waals surface area contributed by atoms with Crippen LogP contribution in [0.4, 0.5) is 0 Å². The number of ether oxygens (including phenoxy) is 1. The van der Waals surface area contributed by atoms with Crippen molar-refractivity contribution >= 4 is 11.9 Å². The molecule has 0 saturated carbocycles. The molecular weight excluding hydrogens is 411 g/mol. The Hall–Kier alpha value is -0.700. The average molecular weight is 447 g/mol. The number of rotatable bonds is 10. The molecule has 0 saturated heterocycles. The van der Waals surface area contributed by atoms with Gasteiger partial charge >= 0.3 is 35.5 Å². The number of hydrogen-bond acceptors (Lipinski definition) is 7. The summed E-state index contributed by atoms with van der Waals surface area (Å²) in [5.41, 5.74) is 0.949. The molecular formula is C23H35NaO7. The van der Waals surface area contributed by atoms with Crippen LogP contribution in [0.15, 0.2) is 23.8 Å². The summed E-state index contributed by atoms with van der Waals surface area (Å²) in [6, 6.07) is 0. The van der Waals surface area contributed by atoms with E-state index in [0.29, 0.717) is 25.7 Å². The molecule has 0 aromatic carbocycles. The third-order valence-electron chi connectivity index (χ3n) is 6.43. The number of carboxylic acids is 1. The van der Waals surface area contributed by atoms with Gasteiger partial charge in [0.25, 0.3) is 0 Å². The molecule has 0 amide bonds. The summed E-state index contributed by atoms with van der Waals surface area (Å²) in [6.07, 6.45) is 4.31. The maximum Gasteiger partial charge on any atom is 1.00 e. The van der Waals surface area contributed by atoms with E-state index in [4.69, 9.17) is 4.74 Å². The van der Waals surface area contributed by atoms with Crippen LogP contribution in [-0.4, -0.2) is 51.7 Å². The Morgan fingerprint density at radius 2 is 1.97 bits per heavy atom. The zero-order chi connectivity index (χ0) is 22.4. The van der Waals surface area contributed by atoms with Crippen LogP contribution >= 0.6 is 0 Å². The predicted octanol–water partition coefficient (Wildman–Crippen LogP) is -1.89. The van der Waals surface area contributed by atoms with Gasteiger partial charge in [-0.05, 0) is 43.1 Å². The Morgan fingerprint density at radius 1 is 1.29 bits per heavy atom. The minimum Gasteiger partial charge on any atom is -0.550 e. The number of carbonyl (C=O) groups excluding carboxylic acids is 2. The molecule has 8 heteroatoms. The second-order valence-electron chi connectivity index (χ2n) is 8.86. The molecule has 2 aliphatic rings. The van der Waals surface area contributed by atoms with Crippen molar-refractivity contribution in [2.24, 2.45) is 23.7 Å². The molecule has 0 spiro atoms. The van der Waals surface area contributed by atoms with Crippen molar-refractivity contribution in [1.29, 1.82) is 0 Å². The first-order valence-electron chi connectivity index (χ1n) is 11.0. The van der Waals surface area contributed by atoms with Crippen LogP contribution in [-0.2, 0) is 14.3 Å². The quantitative estimate of drug-likeness (QED) is 0.265. The van der Waals surface area contributed by atoms with Crippen LogP contribution in [0.25, 0.3) is 0 Å². The average Bonchev–Trinajstić information content (AvgIpc) is 2.65. The van der Waals surface area contributed by atoms with Crippen LogP contribution in [0.2, 0.25) is 0 Å². The van der Waals surface area contributed by atoms with Crippen molar-refractivity contribution < 1.29 is 64.3 Å². The molecule has 31 heavy (non-hydrogen) atoms. The predicted molar refractivity (Wildman–Crippen MR) is 109 cm³/mol. The van der Waals surface area contributed by atoms with E-state index in [9.17, 15) is 30.0 Å². The van der Waals surface area contributed by atoms with Crippen LogP contribution in [0.5, 0.6) is 0 Å². The largest absolute Gasteiger partial charge is 1.00 e. The normalized spacial score (nSPS) is 30.3. The van der Waals surface area contributed by atoms with E-state index >= 15 is 0 Å². The Bertz CT molecular complexity index is 662. The number of carboxylic acid groups (broad SMARTS) is 1. The summed E-state index contributed by atoms with van der Waals surface area (Å²) in [4.78, 5) is 23.0. The number of hydrogen-bond donors (Lipinski definition) is 3. The van der Waals surface area contributed by atoms with Crippen molar-refractivity contribution in [1.82, 2.24) is 0 Å². The molecule has 0 heterocycles. The SMILES string of the molecule is CC[C@H](C)C(=O)OC1CC(O)C=C2C=C[C@H](C)[C@H](CC[C@H](O)CC(O)CC(=O)[O-])C21.[Na+]. The molecule has 8 atom stereocenters. The standard InChI is InChI=1S/C23H36O7.Na/c1-4-13(2)23(29)30-20-11-17(25)9-15-6-5-14(3)19(22(15)20)8-7-16(24)10-18(26)12-21(27)28;/h5-6,9,13-14,16-20,22,24-26H,4,7-8,10-12H2,1-3H3,(H,27,28);/q;+1/p-1/t13-,14-,16-,17?,18?,19-,20?,22?;/m0./s1. The van der Waals surface area contributed by atoms with Crippen LogP contribution < -0.4 is 34.7 Å². The van der Waals surface area contributed by atoms with Crippen molar-refractivity contribution in [3.05, 3.63) is 23.8 Å². The first-order chi connectivity index (χ1) is 14.1. The Balaban J connectivity index is 0.00000480. The number of aliphatic hydroxyl groups excluding tert-OH is 3. The van der Waals surface area contributed by atoms with Crippen molar-refractivity contribution in [2.75, 3.05) is 0 Å². The third kappa shape index (κ3) is 8.30. The summed E-state index contributed by atoms with van der Waals surface area (Å²) in [5, 5.41) is 40.8. The van der Waals surface area contributed by atoms with Crippen LogP contribution in [0, 0.1) is 23.7 Å².